The SMILES string of the molecule is Cc1cc(C=O)c(=O)n(-c2ccc(F)cc2)n1. The van der Waals surface area contributed by atoms with E-state index in [1.54, 1.807) is 6.92 Å². The van der Waals surface area contributed by atoms with E-state index in [4.69, 9.17) is 0 Å². The number of carbonyl (C=O) groups excluding carboxylic acids is 1. The molecule has 5 heteroatoms. The topological polar surface area (TPSA) is 52.0 Å². The third-order valence-electron chi connectivity index (χ3n) is 2.26. The van der Waals surface area contributed by atoms with Gasteiger partial charge in [0.15, 0.2) is 6.29 Å². The first-order valence-electron chi connectivity index (χ1n) is 4.94. The van der Waals surface area contributed by atoms with Crippen LogP contribution in [0.3, 0.4) is 0 Å². The van der Waals surface area contributed by atoms with E-state index in [0.717, 1.165) is 4.68 Å². The monoisotopic (exact) mass is 232 g/mol. The van der Waals surface area contributed by atoms with Crippen LogP contribution in [0.2, 0.25) is 0 Å². The highest BCUT2D eigenvalue weighted by molar-refractivity contribution is 5.74. The van der Waals surface area contributed by atoms with Gasteiger partial charge in [-0.25, -0.2) is 4.39 Å². The molecular formula is C12H9FN2O2. The van der Waals surface area contributed by atoms with Gasteiger partial charge >= 0.3 is 0 Å². The Morgan fingerprint density at radius 1 is 1.29 bits per heavy atom. The average Bonchev–Trinajstić information content (AvgIpc) is 2.33. The highest BCUT2D eigenvalue weighted by Crippen LogP contribution is 2.06. The number of aromatic nitrogens is 2. The molecule has 0 saturated heterocycles. The molecule has 0 atom stereocenters. The number of rotatable bonds is 2. The first-order valence-corrected chi connectivity index (χ1v) is 4.94. The summed E-state index contributed by atoms with van der Waals surface area (Å²) in [7, 11) is 0. The van der Waals surface area contributed by atoms with Crippen LogP contribution in [0.15, 0.2) is 35.1 Å². The Morgan fingerprint density at radius 3 is 2.53 bits per heavy atom. The lowest BCUT2D eigenvalue weighted by Crippen LogP contribution is -2.25. The fourth-order valence-electron chi connectivity index (χ4n) is 1.48. The van der Waals surface area contributed by atoms with Crippen molar-refractivity contribution in [2.24, 2.45) is 0 Å². The quantitative estimate of drug-likeness (QED) is 0.737. The van der Waals surface area contributed by atoms with Gasteiger partial charge in [-0.1, -0.05) is 0 Å². The zero-order chi connectivity index (χ0) is 12.4. The molecule has 0 radical (unpaired) electrons. The maximum atomic E-state index is 12.8. The highest BCUT2D eigenvalue weighted by atomic mass is 19.1. The summed E-state index contributed by atoms with van der Waals surface area (Å²) in [5.41, 5.74) is 0.471. The van der Waals surface area contributed by atoms with Crippen LogP contribution in [-0.2, 0) is 0 Å². The fourth-order valence-corrected chi connectivity index (χ4v) is 1.48. The van der Waals surface area contributed by atoms with Gasteiger partial charge in [-0.3, -0.25) is 9.59 Å². The Morgan fingerprint density at radius 2 is 1.94 bits per heavy atom. The molecule has 0 N–H and O–H groups in total. The molecule has 0 spiro atoms. The Labute approximate surface area is 96.3 Å². The van der Waals surface area contributed by atoms with Crippen LogP contribution in [0.5, 0.6) is 0 Å². The van der Waals surface area contributed by atoms with Crippen LogP contribution in [0.1, 0.15) is 16.1 Å². The largest absolute Gasteiger partial charge is 0.298 e. The van der Waals surface area contributed by atoms with Crippen molar-refractivity contribution in [3.63, 3.8) is 0 Å². The summed E-state index contributed by atoms with van der Waals surface area (Å²) < 4.78 is 13.8. The van der Waals surface area contributed by atoms with Gasteiger partial charge in [0.2, 0.25) is 0 Å². The minimum absolute atomic E-state index is 0.0295. The summed E-state index contributed by atoms with van der Waals surface area (Å²) >= 11 is 0. The van der Waals surface area contributed by atoms with Gasteiger partial charge in [0, 0.05) is 0 Å². The number of aldehydes is 1. The van der Waals surface area contributed by atoms with Crippen molar-refractivity contribution in [1.82, 2.24) is 9.78 Å². The van der Waals surface area contributed by atoms with Gasteiger partial charge in [0.25, 0.3) is 5.56 Å². The Bertz CT molecular complexity index is 617. The Hall–Kier alpha value is -2.30. The smallest absolute Gasteiger partial charge is 0.282 e. The van der Waals surface area contributed by atoms with E-state index in [1.165, 1.54) is 30.3 Å². The zero-order valence-corrected chi connectivity index (χ0v) is 9.05. The van der Waals surface area contributed by atoms with Crippen LogP contribution in [0.4, 0.5) is 4.39 Å². The standard InChI is InChI=1S/C12H9FN2O2/c1-8-6-9(7-16)12(17)15(14-8)11-4-2-10(13)3-5-11/h2-7H,1H3. The van der Waals surface area contributed by atoms with Crippen molar-refractivity contribution < 1.29 is 9.18 Å². The zero-order valence-electron chi connectivity index (χ0n) is 9.05. The van der Waals surface area contributed by atoms with Crippen molar-refractivity contribution in [3.8, 4) is 5.69 Å². The molecule has 0 unspecified atom stereocenters. The molecule has 1 aromatic carbocycles. The minimum atomic E-state index is -0.516. The Kier molecular flexibility index (Phi) is 2.82. The van der Waals surface area contributed by atoms with Crippen molar-refractivity contribution in [3.05, 3.63) is 57.8 Å². The fraction of sp³-hybridized carbons (Fsp3) is 0.0833. The first kappa shape index (κ1) is 11.2. The third kappa shape index (κ3) is 2.13. The van der Waals surface area contributed by atoms with Crippen LogP contribution in [0.25, 0.3) is 5.69 Å². The lowest BCUT2D eigenvalue weighted by atomic mass is 10.2. The van der Waals surface area contributed by atoms with E-state index in [9.17, 15) is 14.0 Å². The van der Waals surface area contributed by atoms with E-state index >= 15 is 0 Å². The number of aryl methyl sites for hydroxylation is 1. The number of halogens is 1. The van der Waals surface area contributed by atoms with Gasteiger partial charge in [-0.15, -0.1) is 0 Å². The van der Waals surface area contributed by atoms with E-state index < -0.39 is 11.4 Å². The van der Waals surface area contributed by atoms with Crippen LogP contribution < -0.4 is 5.56 Å². The third-order valence-corrected chi connectivity index (χ3v) is 2.26. The molecule has 0 aliphatic carbocycles. The summed E-state index contributed by atoms with van der Waals surface area (Å²) in [4.78, 5) is 22.5. The molecule has 0 amide bonds. The lowest BCUT2D eigenvalue weighted by Gasteiger charge is -2.06. The van der Waals surface area contributed by atoms with Gasteiger partial charge in [0.1, 0.15) is 5.82 Å². The first-order chi connectivity index (χ1) is 8.11. The second kappa shape index (κ2) is 4.29. The van der Waals surface area contributed by atoms with Crippen LogP contribution in [0, 0.1) is 12.7 Å². The van der Waals surface area contributed by atoms with Gasteiger partial charge in [0.05, 0.1) is 16.9 Å². The molecule has 4 nitrogen and oxygen atoms in total. The maximum Gasteiger partial charge on any atom is 0.282 e. The maximum absolute atomic E-state index is 12.8. The van der Waals surface area contributed by atoms with Crippen LogP contribution >= 0.6 is 0 Å². The van der Waals surface area contributed by atoms with Gasteiger partial charge in [-0.2, -0.15) is 9.78 Å². The molecule has 0 saturated carbocycles. The summed E-state index contributed by atoms with van der Waals surface area (Å²) in [5, 5.41) is 4.00. The van der Waals surface area contributed by atoms with Crippen molar-refractivity contribution in [2.45, 2.75) is 6.92 Å². The number of hydrogen-bond donors (Lipinski definition) is 0. The summed E-state index contributed by atoms with van der Waals surface area (Å²) in [6.07, 6.45) is 0.483. The highest BCUT2D eigenvalue weighted by Gasteiger charge is 2.07. The van der Waals surface area contributed by atoms with Gasteiger partial charge < -0.3 is 0 Å². The normalized spacial score (nSPS) is 10.2. The van der Waals surface area contributed by atoms with E-state index in [0.29, 0.717) is 17.7 Å². The van der Waals surface area contributed by atoms with Gasteiger partial charge in [-0.05, 0) is 37.3 Å². The number of carbonyl (C=O) groups is 1. The molecule has 0 fully saturated rings. The molecule has 17 heavy (non-hydrogen) atoms. The second-order valence-corrected chi connectivity index (χ2v) is 3.55. The number of nitrogens with zero attached hydrogens (tertiary/aromatic N) is 2. The lowest BCUT2D eigenvalue weighted by molar-refractivity contribution is 0.112. The molecule has 0 aliphatic heterocycles. The van der Waals surface area contributed by atoms with Crippen molar-refractivity contribution >= 4 is 6.29 Å². The second-order valence-electron chi connectivity index (χ2n) is 3.55. The van der Waals surface area contributed by atoms with Crippen LogP contribution in [-0.4, -0.2) is 16.1 Å². The molecule has 0 aliphatic rings. The number of hydrogen-bond acceptors (Lipinski definition) is 3. The molecule has 1 aromatic heterocycles. The summed E-state index contributed by atoms with van der Waals surface area (Å²) in [5.74, 6) is -0.398. The molecular weight excluding hydrogens is 223 g/mol. The molecule has 1 heterocycles. The van der Waals surface area contributed by atoms with E-state index in [1.807, 2.05) is 0 Å². The van der Waals surface area contributed by atoms with Crippen molar-refractivity contribution in [2.75, 3.05) is 0 Å². The molecule has 2 aromatic rings. The van der Waals surface area contributed by atoms with Crippen molar-refractivity contribution in [1.29, 1.82) is 0 Å². The predicted octanol–water partition coefficient (Wildman–Crippen LogP) is 1.49. The summed E-state index contributed by atoms with van der Waals surface area (Å²) in [6, 6.07) is 6.73. The molecule has 0 bridgehead atoms. The number of benzene rings is 1. The summed E-state index contributed by atoms with van der Waals surface area (Å²) in [6.45, 7) is 1.67. The molecule has 2 rings (SSSR count). The molecule has 86 valence electrons. The Balaban J connectivity index is 2.67. The van der Waals surface area contributed by atoms with E-state index in [2.05, 4.69) is 5.10 Å². The van der Waals surface area contributed by atoms with E-state index in [-0.39, 0.29) is 5.56 Å². The minimum Gasteiger partial charge on any atom is -0.298 e. The average molecular weight is 232 g/mol. The predicted molar refractivity (Wildman–Crippen MR) is 59.9 cm³/mol.